The van der Waals surface area contributed by atoms with E-state index in [0.29, 0.717) is 24.7 Å². The normalized spacial score (nSPS) is 11.2. The summed E-state index contributed by atoms with van der Waals surface area (Å²) < 4.78 is 1.90. The van der Waals surface area contributed by atoms with Gasteiger partial charge in [-0.25, -0.2) is 4.98 Å². The molecule has 2 heterocycles. The molecule has 6 heteroatoms. The van der Waals surface area contributed by atoms with Crippen LogP contribution in [0, 0.1) is 0 Å². The van der Waals surface area contributed by atoms with Crippen molar-refractivity contribution in [3.05, 3.63) is 35.2 Å². The highest BCUT2D eigenvalue weighted by Crippen LogP contribution is 2.12. The first-order valence-corrected chi connectivity index (χ1v) is 7.12. The van der Waals surface area contributed by atoms with Crippen LogP contribution in [0.4, 0.5) is 0 Å². The first-order valence-electron chi connectivity index (χ1n) is 6.74. The van der Waals surface area contributed by atoms with Gasteiger partial charge in [0, 0.05) is 25.5 Å². The highest BCUT2D eigenvalue weighted by molar-refractivity contribution is 6.30. The van der Waals surface area contributed by atoms with Gasteiger partial charge in [-0.1, -0.05) is 18.5 Å². The number of carbonyl (C=O) groups excluding carboxylic acids is 1. The Hall–Kier alpha value is -1.59. The van der Waals surface area contributed by atoms with Crippen LogP contribution in [0.25, 0.3) is 5.65 Å². The Morgan fingerprint density at radius 3 is 2.90 bits per heavy atom. The van der Waals surface area contributed by atoms with Crippen molar-refractivity contribution in [1.29, 1.82) is 0 Å². The molecule has 0 saturated heterocycles. The van der Waals surface area contributed by atoms with Gasteiger partial charge in [0.05, 0.1) is 17.3 Å². The van der Waals surface area contributed by atoms with Gasteiger partial charge >= 0.3 is 0 Å². The number of pyridine rings is 1. The lowest BCUT2D eigenvalue weighted by atomic mass is 10.4. The number of halogens is 1. The number of hydrogen-bond acceptors (Lipinski definition) is 3. The van der Waals surface area contributed by atoms with Crippen molar-refractivity contribution in [2.24, 2.45) is 0 Å². The Bertz CT molecular complexity index is 596. The van der Waals surface area contributed by atoms with Crippen LogP contribution in [-0.2, 0) is 11.3 Å². The van der Waals surface area contributed by atoms with E-state index in [2.05, 4.69) is 10.3 Å². The van der Waals surface area contributed by atoms with Gasteiger partial charge in [0.15, 0.2) is 0 Å². The van der Waals surface area contributed by atoms with E-state index < -0.39 is 0 Å². The molecule has 108 valence electrons. The Morgan fingerprint density at radius 1 is 1.40 bits per heavy atom. The molecule has 2 aromatic rings. The van der Waals surface area contributed by atoms with Gasteiger partial charge in [0.1, 0.15) is 5.65 Å². The van der Waals surface area contributed by atoms with Crippen LogP contribution in [0.3, 0.4) is 0 Å². The topological polar surface area (TPSA) is 49.6 Å². The molecule has 0 saturated carbocycles. The summed E-state index contributed by atoms with van der Waals surface area (Å²) in [5, 5.41) is 3.48. The fraction of sp³-hybridized carbons (Fsp3) is 0.429. The number of carbonyl (C=O) groups is 1. The average Bonchev–Trinajstić information content (AvgIpc) is 2.79. The van der Waals surface area contributed by atoms with Crippen molar-refractivity contribution in [1.82, 2.24) is 19.6 Å². The first kappa shape index (κ1) is 14.8. The summed E-state index contributed by atoms with van der Waals surface area (Å²) in [6, 6.07) is 3.70. The molecule has 0 bridgehead atoms. The molecule has 0 atom stereocenters. The molecular formula is C14H19ClN4O. The molecule has 2 aromatic heterocycles. The van der Waals surface area contributed by atoms with E-state index in [1.807, 2.05) is 47.7 Å². The molecule has 5 nitrogen and oxygen atoms in total. The predicted molar refractivity (Wildman–Crippen MR) is 79.8 cm³/mol. The quantitative estimate of drug-likeness (QED) is 0.886. The number of likely N-dealkylation sites (N-methyl/N-ethyl adjacent to an activating group) is 2. The number of amides is 1. The van der Waals surface area contributed by atoms with Gasteiger partial charge in [-0.15, -0.1) is 0 Å². The van der Waals surface area contributed by atoms with E-state index in [9.17, 15) is 4.79 Å². The van der Waals surface area contributed by atoms with Crippen LogP contribution in [0.2, 0.25) is 5.02 Å². The van der Waals surface area contributed by atoms with Gasteiger partial charge in [-0.2, -0.15) is 0 Å². The highest BCUT2D eigenvalue weighted by atomic mass is 35.5. The lowest BCUT2D eigenvalue weighted by molar-refractivity contribution is -0.122. The molecule has 1 N–H and O–H groups in total. The Labute approximate surface area is 123 Å². The van der Waals surface area contributed by atoms with E-state index in [0.717, 1.165) is 17.9 Å². The Kier molecular flexibility index (Phi) is 4.98. The number of aromatic nitrogens is 2. The standard InChI is InChI=1S/C14H19ClN4O/c1-3-16-14(20)10-18(4-2)8-12-9-19-7-11(15)5-6-13(19)17-12/h5-7,9H,3-4,8,10H2,1-2H3,(H,16,20). The number of fused-ring (bicyclic) bond motifs is 1. The van der Waals surface area contributed by atoms with E-state index in [1.54, 1.807) is 0 Å². The van der Waals surface area contributed by atoms with Gasteiger partial charge < -0.3 is 9.72 Å². The molecule has 20 heavy (non-hydrogen) atoms. The minimum Gasteiger partial charge on any atom is -0.355 e. The van der Waals surface area contributed by atoms with Crippen molar-refractivity contribution in [2.75, 3.05) is 19.6 Å². The second kappa shape index (κ2) is 6.72. The van der Waals surface area contributed by atoms with Crippen molar-refractivity contribution >= 4 is 23.2 Å². The van der Waals surface area contributed by atoms with Crippen molar-refractivity contribution < 1.29 is 4.79 Å². The summed E-state index contributed by atoms with van der Waals surface area (Å²) in [6.07, 6.45) is 3.77. The molecular weight excluding hydrogens is 276 g/mol. The molecule has 0 aromatic carbocycles. The molecule has 0 aliphatic rings. The minimum atomic E-state index is 0.0427. The second-order valence-corrected chi connectivity index (χ2v) is 5.04. The van der Waals surface area contributed by atoms with Gasteiger partial charge in [-0.3, -0.25) is 9.69 Å². The van der Waals surface area contributed by atoms with Crippen LogP contribution in [-0.4, -0.2) is 39.8 Å². The van der Waals surface area contributed by atoms with E-state index in [4.69, 9.17) is 11.6 Å². The monoisotopic (exact) mass is 294 g/mol. The largest absolute Gasteiger partial charge is 0.355 e. The van der Waals surface area contributed by atoms with Crippen LogP contribution < -0.4 is 5.32 Å². The maximum absolute atomic E-state index is 11.6. The second-order valence-electron chi connectivity index (χ2n) is 4.60. The van der Waals surface area contributed by atoms with Crippen LogP contribution >= 0.6 is 11.6 Å². The van der Waals surface area contributed by atoms with Gasteiger partial charge in [0.2, 0.25) is 5.91 Å². The summed E-state index contributed by atoms with van der Waals surface area (Å²) in [7, 11) is 0. The zero-order valence-corrected chi connectivity index (χ0v) is 12.5. The van der Waals surface area contributed by atoms with Crippen molar-refractivity contribution in [3.8, 4) is 0 Å². The fourth-order valence-electron chi connectivity index (χ4n) is 2.06. The maximum Gasteiger partial charge on any atom is 0.234 e. The Balaban J connectivity index is 2.07. The lowest BCUT2D eigenvalue weighted by Crippen LogP contribution is -2.36. The Morgan fingerprint density at radius 2 is 2.20 bits per heavy atom. The number of rotatable bonds is 6. The molecule has 0 aliphatic carbocycles. The van der Waals surface area contributed by atoms with Crippen LogP contribution in [0.1, 0.15) is 19.5 Å². The third-order valence-electron chi connectivity index (χ3n) is 3.04. The summed E-state index contributed by atoms with van der Waals surface area (Å²) >= 11 is 5.95. The number of nitrogens with zero attached hydrogens (tertiary/aromatic N) is 3. The third-order valence-corrected chi connectivity index (χ3v) is 3.26. The molecule has 0 fully saturated rings. The summed E-state index contributed by atoms with van der Waals surface area (Å²) in [5.74, 6) is 0.0427. The first-order chi connectivity index (χ1) is 9.62. The molecule has 0 spiro atoms. The highest BCUT2D eigenvalue weighted by Gasteiger charge is 2.11. The minimum absolute atomic E-state index is 0.0427. The van der Waals surface area contributed by atoms with E-state index >= 15 is 0 Å². The van der Waals surface area contributed by atoms with Gasteiger partial charge in [-0.05, 0) is 25.6 Å². The fourth-order valence-corrected chi connectivity index (χ4v) is 2.23. The van der Waals surface area contributed by atoms with Crippen molar-refractivity contribution in [2.45, 2.75) is 20.4 Å². The lowest BCUT2D eigenvalue weighted by Gasteiger charge is -2.18. The molecule has 0 radical (unpaired) electrons. The third kappa shape index (κ3) is 3.71. The zero-order chi connectivity index (χ0) is 14.5. The smallest absolute Gasteiger partial charge is 0.234 e. The summed E-state index contributed by atoms with van der Waals surface area (Å²) in [6.45, 7) is 6.44. The van der Waals surface area contributed by atoms with Crippen molar-refractivity contribution in [3.63, 3.8) is 0 Å². The number of imidazole rings is 1. The predicted octanol–water partition coefficient (Wildman–Crippen LogP) is 1.95. The maximum atomic E-state index is 11.6. The van der Waals surface area contributed by atoms with E-state index in [-0.39, 0.29) is 5.91 Å². The molecule has 2 rings (SSSR count). The summed E-state index contributed by atoms with van der Waals surface area (Å²) in [4.78, 5) is 18.2. The number of hydrogen-bond donors (Lipinski definition) is 1. The zero-order valence-electron chi connectivity index (χ0n) is 11.8. The molecule has 0 aliphatic heterocycles. The van der Waals surface area contributed by atoms with Crippen LogP contribution in [0.15, 0.2) is 24.5 Å². The number of nitrogens with one attached hydrogen (secondary N) is 1. The average molecular weight is 295 g/mol. The van der Waals surface area contributed by atoms with E-state index in [1.165, 1.54) is 0 Å². The molecule has 1 amide bonds. The van der Waals surface area contributed by atoms with Gasteiger partial charge in [0.25, 0.3) is 0 Å². The molecule has 0 unspecified atom stereocenters. The summed E-state index contributed by atoms with van der Waals surface area (Å²) in [5.41, 5.74) is 1.79. The SMILES string of the molecule is CCNC(=O)CN(CC)Cc1cn2cc(Cl)ccc2n1. The van der Waals surface area contributed by atoms with Crippen LogP contribution in [0.5, 0.6) is 0 Å².